The van der Waals surface area contributed by atoms with E-state index in [1.165, 1.54) is 33.4 Å². The number of hydrogen-bond acceptors (Lipinski definition) is 5. The highest BCUT2D eigenvalue weighted by molar-refractivity contribution is 5.76. The van der Waals surface area contributed by atoms with E-state index >= 15 is 0 Å². The van der Waals surface area contributed by atoms with Gasteiger partial charge in [-0.3, -0.25) is 0 Å². The predicted octanol–water partition coefficient (Wildman–Crippen LogP) is 12.5. The Morgan fingerprint density at radius 3 is 1.57 bits per heavy atom. The summed E-state index contributed by atoms with van der Waals surface area (Å²) < 4.78 is 34.8. The topological polar surface area (TPSA) is 46.2 Å². The van der Waals surface area contributed by atoms with Gasteiger partial charge in [0.1, 0.15) is 30.5 Å². The summed E-state index contributed by atoms with van der Waals surface area (Å²) in [7, 11) is 0. The van der Waals surface area contributed by atoms with E-state index in [-0.39, 0.29) is 0 Å². The van der Waals surface area contributed by atoms with E-state index in [2.05, 4.69) is 124 Å². The van der Waals surface area contributed by atoms with Gasteiger partial charge in [-0.2, -0.15) is 0 Å². The van der Waals surface area contributed by atoms with Gasteiger partial charge in [0.2, 0.25) is 0 Å². The molecule has 0 aromatic heterocycles. The lowest BCUT2D eigenvalue weighted by atomic mass is 9.89. The summed E-state index contributed by atoms with van der Waals surface area (Å²) >= 11 is 0. The zero-order valence-corrected chi connectivity index (χ0v) is 35.7. The van der Waals surface area contributed by atoms with E-state index in [0.717, 1.165) is 40.7 Å². The number of benzene rings is 5. The first-order valence-corrected chi connectivity index (χ1v) is 21.9. The lowest BCUT2D eigenvalue weighted by Crippen LogP contribution is -2.58. The quantitative estimate of drug-likeness (QED) is 0.0864. The molecular formula is C56H58O5. The average Bonchev–Trinajstić information content (AvgIpc) is 3.45. The largest absolute Gasteiger partial charge is 0.374 e. The van der Waals surface area contributed by atoms with E-state index in [0.29, 0.717) is 39.0 Å². The van der Waals surface area contributed by atoms with Gasteiger partial charge in [-0.05, 0) is 80.0 Å². The van der Waals surface area contributed by atoms with Crippen molar-refractivity contribution in [2.45, 2.75) is 96.5 Å². The van der Waals surface area contributed by atoms with E-state index in [1.807, 2.05) is 72.8 Å². The molecule has 3 aliphatic rings. The minimum atomic E-state index is -0.510. The molecule has 5 nitrogen and oxygen atoms in total. The molecule has 312 valence electrons. The average molecular weight is 811 g/mol. The van der Waals surface area contributed by atoms with Crippen molar-refractivity contribution in [3.63, 3.8) is 0 Å². The zero-order chi connectivity index (χ0) is 41.8. The molecule has 0 N–H and O–H groups in total. The molecule has 5 atom stereocenters. The molecule has 0 amide bonds. The molecule has 0 saturated carbocycles. The maximum atomic E-state index is 7.29. The molecule has 0 unspecified atom stereocenters. The lowest BCUT2D eigenvalue weighted by molar-refractivity contribution is -0.275. The molecule has 0 spiro atoms. The summed E-state index contributed by atoms with van der Waals surface area (Å²) in [5.41, 5.74) is 13.3. The van der Waals surface area contributed by atoms with Gasteiger partial charge in [-0.25, -0.2) is 0 Å². The lowest BCUT2D eigenvalue weighted by Gasteiger charge is -2.46. The second kappa shape index (κ2) is 20.9. The molecule has 0 radical (unpaired) electrons. The highest BCUT2D eigenvalue weighted by atomic mass is 16.6. The second-order valence-electron chi connectivity index (χ2n) is 16.5. The number of hydrogen-bond donors (Lipinski definition) is 0. The van der Waals surface area contributed by atoms with Crippen LogP contribution in [0.4, 0.5) is 0 Å². The van der Waals surface area contributed by atoms with Crippen molar-refractivity contribution in [3.8, 4) is 11.1 Å². The van der Waals surface area contributed by atoms with Crippen molar-refractivity contribution in [1.82, 2.24) is 0 Å². The molecule has 1 fully saturated rings. The molecule has 5 heteroatoms. The Labute approximate surface area is 362 Å². The van der Waals surface area contributed by atoms with Gasteiger partial charge >= 0.3 is 0 Å². The summed E-state index contributed by atoms with van der Waals surface area (Å²) in [6.07, 6.45) is -0.656. The maximum Gasteiger partial charge on any atom is 0.117 e. The van der Waals surface area contributed by atoms with Gasteiger partial charge < -0.3 is 23.7 Å². The number of rotatable bonds is 18. The van der Waals surface area contributed by atoms with Crippen LogP contribution in [0, 0.1) is 0 Å². The van der Waals surface area contributed by atoms with E-state index in [9.17, 15) is 0 Å². The first-order chi connectivity index (χ1) is 30.0. The van der Waals surface area contributed by atoms with Gasteiger partial charge in [0, 0.05) is 0 Å². The van der Waals surface area contributed by atoms with Gasteiger partial charge in [0.25, 0.3) is 0 Å². The Bertz CT molecular complexity index is 2350. The molecule has 1 heterocycles. The monoisotopic (exact) mass is 810 g/mol. The number of ether oxygens (including phenoxy) is 5. The van der Waals surface area contributed by atoms with E-state index in [1.54, 1.807) is 0 Å². The Morgan fingerprint density at radius 1 is 0.475 bits per heavy atom. The Morgan fingerprint density at radius 2 is 1.00 bits per heavy atom. The van der Waals surface area contributed by atoms with Gasteiger partial charge in [0.15, 0.2) is 0 Å². The van der Waals surface area contributed by atoms with Crippen LogP contribution in [0.3, 0.4) is 0 Å². The molecule has 1 aliphatic heterocycles. The minimum absolute atomic E-state index is 0.315. The number of fused-ring (bicyclic) bond motifs is 1. The Hall–Kier alpha value is -5.40. The van der Waals surface area contributed by atoms with Gasteiger partial charge in [0.05, 0.1) is 33.0 Å². The summed E-state index contributed by atoms with van der Waals surface area (Å²) in [5, 5.41) is 0. The van der Waals surface area contributed by atoms with Gasteiger partial charge in [-0.1, -0.05) is 197 Å². The van der Waals surface area contributed by atoms with Crippen LogP contribution in [0.2, 0.25) is 0 Å². The predicted molar refractivity (Wildman–Crippen MR) is 245 cm³/mol. The van der Waals surface area contributed by atoms with Crippen molar-refractivity contribution in [2.75, 3.05) is 6.61 Å². The Balaban J connectivity index is 1.17. The number of aryl methyl sites for hydroxylation is 1. The highest BCUT2D eigenvalue weighted by Crippen LogP contribution is 2.40. The molecule has 5 aromatic rings. The molecule has 1 saturated heterocycles. The van der Waals surface area contributed by atoms with Gasteiger partial charge in [-0.15, -0.1) is 0 Å². The van der Waals surface area contributed by atoms with E-state index in [4.69, 9.17) is 23.7 Å². The first kappa shape index (κ1) is 42.3. The summed E-state index contributed by atoms with van der Waals surface area (Å²) in [6, 6.07) is 61.7. The van der Waals surface area contributed by atoms with Crippen molar-refractivity contribution >= 4 is 0 Å². The molecule has 2 aliphatic carbocycles. The van der Waals surface area contributed by atoms with Crippen LogP contribution >= 0.6 is 0 Å². The van der Waals surface area contributed by atoms with Crippen molar-refractivity contribution < 1.29 is 23.7 Å². The molecule has 5 aromatic carbocycles. The normalized spacial score (nSPS) is 19.0. The summed E-state index contributed by atoms with van der Waals surface area (Å²) in [5.74, 6) is 0.435. The summed E-state index contributed by atoms with van der Waals surface area (Å²) in [6.45, 7) is 8.74. The van der Waals surface area contributed by atoms with Crippen molar-refractivity contribution in [2.24, 2.45) is 0 Å². The van der Waals surface area contributed by atoms with Crippen LogP contribution in [0.25, 0.3) is 11.1 Å². The highest BCUT2D eigenvalue weighted by Gasteiger charge is 2.49. The fraction of sp³-hybridized carbons (Fsp3) is 0.286. The van der Waals surface area contributed by atoms with Crippen LogP contribution in [-0.4, -0.2) is 31.0 Å². The first-order valence-electron chi connectivity index (χ1n) is 21.9. The molecular weight excluding hydrogens is 753 g/mol. The van der Waals surface area contributed by atoms with Crippen LogP contribution in [0.15, 0.2) is 176 Å². The molecule has 0 bridgehead atoms. The zero-order valence-electron chi connectivity index (χ0n) is 35.7. The van der Waals surface area contributed by atoms with E-state index < -0.39 is 30.5 Å². The van der Waals surface area contributed by atoms with Crippen molar-refractivity contribution in [1.29, 1.82) is 0 Å². The maximum absolute atomic E-state index is 7.29. The van der Waals surface area contributed by atoms with Crippen LogP contribution in [-0.2, 0) is 63.0 Å². The fourth-order valence-electron chi connectivity index (χ4n) is 8.50. The Kier molecular flexibility index (Phi) is 14.5. The summed E-state index contributed by atoms with van der Waals surface area (Å²) in [4.78, 5) is 0. The third-order valence-electron chi connectivity index (χ3n) is 11.8. The second-order valence-corrected chi connectivity index (χ2v) is 16.5. The minimum Gasteiger partial charge on any atom is -0.374 e. The van der Waals surface area contributed by atoms with Crippen LogP contribution in [0.5, 0.6) is 0 Å². The van der Waals surface area contributed by atoms with Crippen LogP contribution < -0.4 is 0 Å². The smallest absolute Gasteiger partial charge is 0.117 e. The standard InChI is InChI=1S/C56H58O5/c1-4-46-33-49(51-34-47(40(2)3)28-18-30-50(46)51)32-45-27-17-29-48(31-45)53-55(59-37-43-23-13-7-14-24-43)56(60-38-44-25-15-8-16-26-44)54(58-36-42-21-11-6-12-22-42)52(61-53)39-57-35-41-19-9-5-10-20-41/h5-31,33-34,40,52-56H,4,32,35-39H2,1-3H3/t52-,53+,54-,55+,56+/m1/s1. The third-order valence-corrected chi connectivity index (χ3v) is 11.8. The fourth-order valence-corrected chi connectivity index (χ4v) is 8.50. The van der Waals surface area contributed by atoms with Crippen LogP contribution in [0.1, 0.15) is 82.9 Å². The molecule has 61 heavy (non-hydrogen) atoms. The third kappa shape index (κ3) is 10.9. The molecule has 8 rings (SSSR count). The SMILES string of the molecule is CCc1cc(Cc2cccc([C@@H]3O[C@H](COCc4ccccc4)[C@@H](OCc4ccccc4)[C@H](OCc4ccccc4)[C@H]3OCc3ccccc3)c2)c2cc(C(C)C)cccc1-2. The van der Waals surface area contributed by atoms with Crippen molar-refractivity contribution in [3.05, 3.63) is 226 Å².